The number of aliphatic hydroxyl groups is 6. The first-order chi connectivity index (χ1) is 10.1. The Hall–Kier alpha value is -0.360. The molecule has 9 heteroatoms. The minimum atomic E-state index is -0.999. The highest BCUT2D eigenvalue weighted by Crippen LogP contribution is 2.02. The Labute approximate surface area is 123 Å². The van der Waals surface area contributed by atoms with Crippen LogP contribution in [0.15, 0.2) is 0 Å². The first-order valence-electron chi connectivity index (χ1n) is 6.67. The quantitative estimate of drug-likeness (QED) is 0.192. The van der Waals surface area contributed by atoms with Crippen LogP contribution in [0.2, 0.25) is 0 Å². The maximum atomic E-state index is 9.13. The molecule has 0 rings (SSSR count). The lowest BCUT2D eigenvalue weighted by Gasteiger charge is -2.23. The third-order valence-corrected chi connectivity index (χ3v) is 2.44. The van der Waals surface area contributed by atoms with Gasteiger partial charge < -0.3 is 44.8 Å². The topological polar surface area (TPSA) is 149 Å². The molecule has 21 heavy (non-hydrogen) atoms. The molecule has 0 aromatic rings. The molecule has 128 valence electrons. The Kier molecular flexibility index (Phi) is 13.1. The number of rotatable bonds is 14. The van der Waals surface area contributed by atoms with Crippen LogP contribution in [0.25, 0.3) is 0 Å². The van der Waals surface area contributed by atoms with E-state index in [0.29, 0.717) is 0 Å². The maximum Gasteiger partial charge on any atom is 0.104 e. The van der Waals surface area contributed by atoms with Crippen molar-refractivity contribution in [1.29, 1.82) is 0 Å². The summed E-state index contributed by atoms with van der Waals surface area (Å²) in [5, 5.41) is 53.6. The fourth-order valence-electron chi connectivity index (χ4n) is 1.32. The van der Waals surface area contributed by atoms with Crippen LogP contribution in [0.3, 0.4) is 0 Å². The van der Waals surface area contributed by atoms with Crippen LogP contribution in [-0.2, 0) is 14.2 Å². The van der Waals surface area contributed by atoms with Crippen molar-refractivity contribution in [3.63, 3.8) is 0 Å². The standard InChI is InChI=1S/C12H26O9/c13-1-9(17)5-19-7-11(3-15)21-12(4-16)8-20-6-10(18)2-14/h9-18H,1-8H2. The smallest absolute Gasteiger partial charge is 0.104 e. The van der Waals surface area contributed by atoms with Crippen molar-refractivity contribution in [1.82, 2.24) is 0 Å². The number of hydrogen-bond acceptors (Lipinski definition) is 9. The molecule has 0 spiro atoms. The minimum Gasteiger partial charge on any atom is -0.394 e. The van der Waals surface area contributed by atoms with E-state index in [1.807, 2.05) is 0 Å². The highest BCUT2D eigenvalue weighted by Gasteiger charge is 2.17. The van der Waals surface area contributed by atoms with Gasteiger partial charge in [-0.1, -0.05) is 0 Å². The van der Waals surface area contributed by atoms with Gasteiger partial charge >= 0.3 is 0 Å². The summed E-state index contributed by atoms with van der Waals surface area (Å²) in [5.74, 6) is 0. The number of aliphatic hydroxyl groups excluding tert-OH is 6. The Morgan fingerprint density at radius 1 is 0.571 bits per heavy atom. The fourth-order valence-corrected chi connectivity index (χ4v) is 1.32. The average molecular weight is 314 g/mol. The normalized spacial score (nSPS) is 17.4. The largest absolute Gasteiger partial charge is 0.394 e. The molecule has 6 N–H and O–H groups in total. The molecule has 9 nitrogen and oxygen atoms in total. The molecule has 0 aliphatic heterocycles. The van der Waals surface area contributed by atoms with Crippen LogP contribution in [0.4, 0.5) is 0 Å². The Bertz CT molecular complexity index is 207. The molecular formula is C12H26O9. The van der Waals surface area contributed by atoms with Crippen molar-refractivity contribution in [2.24, 2.45) is 0 Å². The molecule has 0 aromatic carbocycles. The van der Waals surface area contributed by atoms with Crippen molar-refractivity contribution in [2.75, 3.05) is 52.9 Å². The summed E-state index contributed by atoms with van der Waals surface area (Å²) in [6.07, 6.45) is -3.44. The van der Waals surface area contributed by atoms with Crippen LogP contribution in [0.1, 0.15) is 0 Å². The lowest BCUT2D eigenvalue weighted by molar-refractivity contribution is -0.126. The van der Waals surface area contributed by atoms with Crippen molar-refractivity contribution in [2.45, 2.75) is 24.4 Å². The van der Waals surface area contributed by atoms with Gasteiger partial charge in [-0.25, -0.2) is 0 Å². The molecule has 4 atom stereocenters. The molecule has 0 aliphatic carbocycles. The van der Waals surface area contributed by atoms with Crippen LogP contribution >= 0.6 is 0 Å². The Morgan fingerprint density at radius 3 is 1.24 bits per heavy atom. The molecule has 4 unspecified atom stereocenters. The summed E-state index contributed by atoms with van der Waals surface area (Å²) in [6.45, 7) is -1.81. The van der Waals surface area contributed by atoms with Crippen molar-refractivity contribution in [3.8, 4) is 0 Å². The second kappa shape index (κ2) is 13.3. The van der Waals surface area contributed by atoms with E-state index < -0.39 is 37.6 Å². The van der Waals surface area contributed by atoms with Crippen LogP contribution in [0, 0.1) is 0 Å². The van der Waals surface area contributed by atoms with Gasteiger partial charge in [0.15, 0.2) is 0 Å². The number of ether oxygens (including phenoxy) is 3. The molecule has 0 aromatic heterocycles. The fraction of sp³-hybridized carbons (Fsp3) is 1.00. The molecule has 0 bridgehead atoms. The highest BCUT2D eigenvalue weighted by atomic mass is 16.6. The van der Waals surface area contributed by atoms with Crippen molar-refractivity contribution >= 4 is 0 Å². The molecule has 0 saturated carbocycles. The predicted octanol–water partition coefficient (Wildman–Crippen LogP) is -3.54. The van der Waals surface area contributed by atoms with Crippen LogP contribution in [-0.4, -0.2) is 108 Å². The van der Waals surface area contributed by atoms with Gasteiger partial charge in [-0.15, -0.1) is 0 Å². The van der Waals surface area contributed by atoms with E-state index in [9.17, 15) is 0 Å². The molecule has 0 amide bonds. The van der Waals surface area contributed by atoms with Gasteiger partial charge in [0.1, 0.15) is 24.4 Å². The van der Waals surface area contributed by atoms with E-state index in [0.717, 1.165) is 0 Å². The van der Waals surface area contributed by atoms with E-state index >= 15 is 0 Å². The maximum absolute atomic E-state index is 9.13. The number of hydrogen-bond donors (Lipinski definition) is 6. The van der Waals surface area contributed by atoms with Gasteiger partial charge in [-0.2, -0.15) is 0 Å². The van der Waals surface area contributed by atoms with Crippen molar-refractivity contribution < 1.29 is 44.8 Å². The Morgan fingerprint density at radius 2 is 0.952 bits per heavy atom. The van der Waals surface area contributed by atoms with E-state index in [1.54, 1.807) is 0 Å². The van der Waals surface area contributed by atoms with Gasteiger partial charge in [-0.3, -0.25) is 0 Å². The minimum absolute atomic E-state index is 0.0245. The van der Waals surface area contributed by atoms with Crippen LogP contribution < -0.4 is 0 Å². The first kappa shape index (κ1) is 20.6. The summed E-state index contributed by atoms with van der Waals surface area (Å²) in [7, 11) is 0. The van der Waals surface area contributed by atoms with E-state index in [2.05, 4.69) is 0 Å². The molecule has 0 saturated heterocycles. The predicted molar refractivity (Wildman–Crippen MR) is 70.7 cm³/mol. The monoisotopic (exact) mass is 314 g/mol. The summed E-state index contributed by atoms with van der Waals surface area (Å²) < 4.78 is 15.5. The highest BCUT2D eigenvalue weighted by molar-refractivity contribution is 4.63. The van der Waals surface area contributed by atoms with E-state index in [1.165, 1.54) is 0 Å². The van der Waals surface area contributed by atoms with Gasteiger partial charge in [0.2, 0.25) is 0 Å². The molecule has 0 fully saturated rings. The second-order valence-corrected chi connectivity index (χ2v) is 4.49. The second-order valence-electron chi connectivity index (χ2n) is 4.49. The molecular weight excluding hydrogens is 288 g/mol. The molecule has 0 radical (unpaired) electrons. The van der Waals surface area contributed by atoms with E-state index in [4.69, 9.17) is 44.8 Å². The zero-order chi connectivity index (χ0) is 16.1. The van der Waals surface area contributed by atoms with Gasteiger partial charge in [-0.05, 0) is 0 Å². The summed E-state index contributed by atoms with van der Waals surface area (Å²) in [5.41, 5.74) is 0. The molecule has 0 aliphatic rings. The summed E-state index contributed by atoms with van der Waals surface area (Å²) in [4.78, 5) is 0. The summed E-state index contributed by atoms with van der Waals surface area (Å²) in [6, 6.07) is 0. The molecule has 0 heterocycles. The summed E-state index contributed by atoms with van der Waals surface area (Å²) >= 11 is 0. The van der Waals surface area contributed by atoms with E-state index in [-0.39, 0.29) is 39.6 Å². The van der Waals surface area contributed by atoms with Crippen LogP contribution in [0.5, 0.6) is 0 Å². The third-order valence-electron chi connectivity index (χ3n) is 2.44. The first-order valence-corrected chi connectivity index (χ1v) is 6.67. The van der Waals surface area contributed by atoms with Gasteiger partial charge in [0.25, 0.3) is 0 Å². The van der Waals surface area contributed by atoms with Gasteiger partial charge in [0.05, 0.1) is 52.9 Å². The third kappa shape index (κ3) is 10.9. The lowest BCUT2D eigenvalue weighted by atomic mass is 10.3. The zero-order valence-corrected chi connectivity index (χ0v) is 11.9. The lowest BCUT2D eigenvalue weighted by Crippen LogP contribution is -2.36. The zero-order valence-electron chi connectivity index (χ0n) is 11.9. The Balaban J connectivity index is 3.93. The van der Waals surface area contributed by atoms with Crippen molar-refractivity contribution in [3.05, 3.63) is 0 Å². The SMILES string of the molecule is OCC(O)COCC(CO)OC(CO)COCC(O)CO. The van der Waals surface area contributed by atoms with Gasteiger partial charge in [0, 0.05) is 0 Å². The average Bonchev–Trinajstić information content (AvgIpc) is 2.51.